The van der Waals surface area contributed by atoms with E-state index in [2.05, 4.69) is 10.3 Å². The van der Waals surface area contributed by atoms with Crippen LogP contribution in [-0.2, 0) is 24.2 Å². The second-order valence-electron chi connectivity index (χ2n) is 7.05. The first-order chi connectivity index (χ1) is 12.7. The molecule has 3 heterocycles. The third-order valence-corrected chi connectivity index (χ3v) is 5.30. The van der Waals surface area contributed by atoms with Crippen molar-refractivity contribution < 1.29 is 9.18 Å². The normalized spacial score (nSPS) is 19.4. The highest BCUT2D eigenvalue weighted by molar-refractivity contribution is 5.76. The molecule has 0 radical (unpaired) electrons. The zero-order valence-electron chi connectivity index (χ0n) is 14.7. The third kappa shape index (κ3) is 3.60. The Hall–Kier alpha value is -2.34. The first-order valence-electron chi connectivity index (χ1n) is 9.27. The standard InChI is InChI=1S/C20H23FN4O/c21-17-4-2-1-3-14(17)5-6-19(26)25-10-8-18-16(13-25)12-23-20(24-18)15-7-9-22-11-15/h1-4,12,15,22H,5-11,13H2. The lowest BCUT2D eigenvalue weighted by molar-refractivity contribution is -0.132. The molecule has 2 aliphatic rings. The van der Waals surface area contributed by atoms with Crippen molar-refractivity contribution in [3.8, 4) is 0 Å². The number of fused-ring (bicyclic) bond motifs is 1. The number of carbonyl (C=O) groups is 1. The molecule has 2 aliphatic heterocycles. The van der Waals surface area contributed by atoms with Crippen molar-refractivity contribution in [1.82, 2.24) is 20.2 Å². The molecule has 26 heavy (non-hydrogen) atoms. The Balaban J connectivity index is 1.38. The van der Waals surface area contributed by atoms with Crippen LogP contribution in [0.2, 0.25) is 0 Å². The van der Waals surface area contributed by atoms with Gasteiger partial charge in [0.1, 0.15) is 11.6 Å². The largest absolute Gasteiger partial charge is 0.338 e. The molecular weight excluding hydrogens is 331 g/mol. The van der Waals surface area contributed by atoms with Gasteiger partial charge < -0.3 is 10.2 Å². The van der Waals surface area contributed by atoms with E-state index < -0.39 is 0 Å². The van der Waals surface area contributed by atoms with Gasteiger partial charge in [-0.1, -0.05) is 18.2 Å². The summed E-state index contributed by atoms with van der Waals surface area (Å²) in [5.41, 5.74) is 2.70. The number of benzene rings is 1. The van der Waals surface area contributed by atoms with Crippen molar-refractivity contribution in [2.75, 3.05) is 19.6 Å². The van der Waals surface area contributed by atoms with E-state index in [-0.39, 0.29) is 11.7 Å². The summed E-state index contributed by atoms with van der Waals surface area (Å²) in [6.45, 7) is 3.19. The Morgan fingerprint density at radius 1 is 1.35 bits per heavy atom. The van der Waals surface area contributed by atoms with Gasteiger partial charge in [-0.25, -0.2) is 14.4 Å². The van der Waals surface area contributed by atoms with Crippen LogP contribution in [0.5, 0.6) is 0 Å². The Morgan fingerprint density at radius 2 is 2.23 bits per heavy atom. The summed E-state index contributed by atoms with van der Waals surface area (Å²) in [5.74, 6) is 1.14. The van der Waals surface area contributed by atoms with Crippen LogP contribution in [0.25, 0.3) is 0 Å². The predicted molar refractivity (Wildman–Crippen MR) is 96.1 cm³/mol. The number of nitrogens with one attached hydrogen (secondary N) is 1. The van der Waals surface area contributed by atoms with Crippen LogP contribution in [0, 0.1) is 5.82 Å². The number of nitrogens with zero attached hydrogens (tertiary/aromatic N) is 3. The van der Waals surface area contributed by atoms with Gasteiger partial charge >= 0.3 is 0 Å². The van der Waals surface area contributed by atoms with E-state index in [1.807, 2.05) is 11.1 Å². The van der Waals surface area contributed by atoms with Crippen LogP contribution in [0.1, 0.15) is 41.4 Å². The maximum Gasteiger partial charge on any atom is 0.223 e. The van der Waals surface area contributed by atoms with Gasteiger partial charge in [0.05, 0.1) is 5.69 Å². The predicted octanol–water partition coefficient (Wildman–Crippen LogP) is 2.21. The zero-order valence-corrected chi connectivity index (χ0v) is 14.7. The first-order valence-corrected chi connectivity index (χ1v) is 9.27. The molecule has 1 atom stereocenters. The molecule has 1 fully saturated rings. The fraction of sp³-hybridized carbons (Fsp3) is 0.450. The summed E-state index contributed by atoms with van der Waals surface area (Å²) in [4.78, 5) is 23.6. The lowest BCUT2D eigenvalue weighted by atomic mass is 10.0. The van der Waals surface area contributed by atoms with Gasteiger partial charge in [-0.3, -0.25) is 4.79 Å². The minimum atomic E-state index is -0.244. The van der Waals surface area contributed by atoms with E-state index >= 15 is 0 Å². The van der Waals surface area contributed by atoms with Gasteiger partial charge in [0.15, 0.2) is 0 Å². The second kappa shape index (κ2) is 7.50. The second-order valence-corrected chi connectivity index (χ2v) is 7.05. The van der Waals surface area contributed by atoms with E-state index in [0.717, 1.165) is 43.0 Å². The molecule has 1 aromatic heterocycles. The number of rotatable bonds is 4. The number of carbonyl (C=O) groups excluding carboxylic acids is 1. The lowest BCUT2D eigenvalue weighted by Crippen LogP contribution is -2.36. The number of aromatic nitrogens is 2. The topological polar surface area (TPSA) is 58.1 Å². The molecule has 1 unspecified atom stereocenters. The number of hydrogen-bond acceptors (Lipinski definition) is 4. The van der Waals surface area contributed by atoms with E-state index in [9.17, 15) is 9.18 Å². The van der Waals surface area contributed by atoms with Crippen molar-refractivity contribution in [3.05, 3.63) is 58.9 Å². The number of hydrogen-bond donors (Lipinski definition) is 1. The van der Waals surface area contributed by atoms with Crippen molar-refractivity contribution in [1.29, 1.82) is 0 Å². The smallest absolute Gasteiger partial charge is 0.223 e. The molecule has 1 saturated heterocycles. The zero-order chi connectivity index (χ0) is 17.9. The summed E-state index contributed by atoms with van der Waals surface area (Å²) in [5, 5.41) is 3.34. The van der Waals surface area contributed by atoms with Gasteiger partial charge in [0, 0.05) is 50.2 Å². The molecular formula is C20H23FN4O. The summed E-state index contributed by atoms with van der Waals surface area (Å²) < 4.78 is 13.7. The fourth-order valence-corrected chi connectivity index (χ4v) is 3.72. The summed E-state index contributed by atoms with van der Waals surface area (Å²) in [7, 11) is 0. The minimum Gasteiger partial charge on any atom is -0.338 e. The van der Waals surface area contributed by atoms with Crippen LogP contribution in [0.15, 0.2) is 30.5 Å². The van der Waals surface area contributed by atoms with Crippen LogP contribution < -0.4 is 5.32 Å². The van der Waals surface area contributed by atoms with Crippen LogP contribution in [-0.4, -0.2) is 40.4 Å². The van der Waals surface area contributed by atoms with Crippen molar-refractivity contribution in [3.63, 3.8) is 0 Å². The van der Waals surface area contributed by atoms with Crippen LogP contribution in [0.3, 0.4) is 0 Å². The number of aryl methyl sites for hydroxylation is 1. The van der Waals surface area contributed by atoms with Gasteiger partial charge in [-0.2, -0.15) is 0 Å². The monoisotopic (exact) mass is 354 g/mol. The molecule has 0 saturated carbocycles. The lowest BCUT2D eigenvalue weighted by Gasteiger charge is -2.28. The van der Waals surface area contributed by atoms with Gasteiger partial charge in [-0.15, -0.1) is 0 Å². The average molecular weight is 354 g/mol. The fourth-order valence-electron chi connectivity index (χ4n) is 3.72. The average Bonchev–Trinajstić information content (AvgIpc) is 3.21. The number of amides is 1. The molecule has 0 spiro atoms. The maximum absolute atomic E-state index is 13.7. The quantitative estimate of drug-likeness (QED) is 0.915. The molecule has 5 nitrogen and oxygen atoms in total. The summed E-state index contributed by atoms with van der Waals surface area (Å²) >= 11 is 0. The molecule has 0 aliphatic carbocycles. The maximum atomic E-state index is 13.7. The van der Waals surface area contributed by atoms with E-state index in [1.54, 1.807) is 18.2 Å². The van der Waals surface area contributed by atoms with Crippen LogP contribution >= 0.6 is 0 Å². The highest BCUT2D eigenvalue weighted by atomic mass is 19.1. The Labute approximate surface area is 152 Å². The van der Waals surface area contributed by atoms with E-state index in [1.165, 1.54) is 6.07 Å². The molecule has 4 rings (SSSR count). The Kier molecular flexibility index (Phi) is 4.93. The molecule has 2 aromatic rings. The van der Waals surface area contributed by atoms with Crippen molar-refractivity contribution in [2.45, 2.75) is 38.1 Å². The SMILES string of the molecule is O=C(CCc1ccccc1F)N1CCc2nc(C3CCNC3)ncc2C1. The van der Waals surface area contributed by atoms with Gasteiger partial charge in [0.25, 0.3) is 0 Å². The first kappa shape index (κ1) is 17.1. The minimum absolute atomic E-state index is 0.0583. The van der Waals surface area contributed by atoms with Gasteiger partial charge in [-0.05, 0) is 31.0 Å². The Morgan fingerprint density at radius 3 is 3.04 bits per heavy atom. The molecule has 1 amide bonds. The van der Waals surface area contributed by atoms with Crippen molar-refractivity contribution >= 4 is 5.91 Å². The van der Waals surface area contributed by atoms with Gasteiger partial charge in [0.2, 0.25) is 5.91 Å². The third-order valence-electron chi connectivity index (χ3n) is 5.30. The van der Waals surface area contributed by atoms with E-state index in [4.69, 9.17) is 4.98 Å². The number of halogens is 1. The van der Waals surface area contributed by atoms with Crippen molar-refractivity contribution in [2.24, 2.45) is 0 Å². The van der Waals surface area contributed by atoms with E-state index in [0.29, 0.717) is 37.4 Å². The molecule has 1 N–H and O–H groups in total. The Bertz CT molecular complexity index is 804. The molecule has 1 aromatic carbocycles. The molecule has 6 heteroatoms. The van der Waals surface area contributed by atoms with Crippen LogP contribution in [0.4, 0.5) is 4.39 Å². The highest BCUT2D eigenvalue weighted by Gasteiger charge is 2.25. The molecule has 136 valence electrons. The molecule has 0 bridgehead atoms. The summed E-state index contributed by atoms with van der Waals surface area (Å²) in [6, 6.07) is 6.64. The summed E-state index contributed by atoms with van der Waals surface area (Å²) in [6.07, 6.45) is 4.48. The highest BCUT2D eigenvalue weighted by Crippen LogP contribution is 2.23.